The molecule has 0 atom stereocenters. The maximum atomic E-state index is 13.4. The van der Waals surface area contributed by atoms with Crippen LogP contribution in [0.2, 0.25) is 0 Å². The van der Waals surface area contributed by atoms with Gasteiger partial charge in [0.15, 0.2) is 5.75 Å². The van der Waals surface area contributed by atoms with Gasteiger partial charge in [0, 0.05) is 30.1 Å². The summed E-state index contributed by atoms with van der Waals surface area (Å²) in [6.45, 7) is 11.2. The maximum absolute atomic E-state index is 13.4. The molecule has 0 unspecified atom stereocenters. The lowest BCUT2D eigenvalue weighted by molar-refractivity contribution is -0.115. The topological polar surface area (TPSA) is 95.6 Å². The Hall–Kier alpha value is -4.43. The normalized spacial score (nSPS) is 13.8. The maximum Gasteiger partial charge on any atom is 0.323 e. The smallest absolute Gasteiger partial charge is 0.323 e. The van der Waals surface area contributed by atoms with Gasteiger partial charge < -0.3 is 20.7 Å². The highest BCUT2D eigenvalue weighted by atomic mass is 16.5. The second-order valence-electron chi connectivity index (χ2n) is 12.4. The number of hydrogen-bond donors (Lipinski definition) is 3. The Morgan fingerprint density at radius 1 is 0.864 bits per heavy atom. The molecule has 8 nitrogen and oxygen atoms in total. The molecule has 8 heteroatoms. The van der Waals surface area contributed by atoms with Gasteiger partial charge in [-0.1, -0.05) is 70.5 Å². The van der Waals surface area contributed by atoms with Crippen LogP contribution in [-0.4, -0.2) is 42.0 Å². The fraction of sp³-hybridized carbons (Fsp3) is 0.361. The van der Waals surface area contributed by atoms with E-state index in [9.17, 15) is 9.59 Å². The number of ether oxygens (including phenoxy) is 1. The van der Waals surface area contributed by atoms with Crippen LogP contribution in [0.15, 0.2) is 66.9 Å². The van der Waals surface area contributed by atoms with E-state index in [0.29, 0.717) is 29.2 Å². The van der Waals surface area contributed by atoms with Gasteiger partial charge in [0.25, 0.3) is 0 Å². The van der Waals surface area contributed by atoms with Gasteiger partial charge in [0.05, 0.1) is 29.9 Å². The molecule has 0 aliphatic carbocycles. The molecule has 3 aromatic carbocycles. The minimum Gasteiger partial charge on any atom is -0.492 e. The molecular weight excluding hydrogens is 550 g/mol. The number of amides is 3. The van der Waals surface area contributed by atoms with Crippen molar-refractivity contribution in [2.24, 2.45) is 0 Å². The van der Waals surface area contributed by atoms with Crippen LogP contribution in [-0.2, 0) is 16.8 Å². The van der Waals surface area contributed by atoms with Crippen LogP contribution in [0.1, 0.15) is 64.6 Å². The summed E-state index contributed by atoms with van der Waals surface area (Å²) in [5.41, 5.74) is 5.57. The summed E-state index contributed by atoms with van der Waals surface area (Å²) in [5.74, 6) is 0.259. The molecule has 44 heavy (non-hydrogen) atoms. The van der Waals surface area contributed by atoms with Gasteiger partial charge in [-0.25, -0.2) is 4.79 Å². The standard InChI is InChI=1S/C36H43N5O3/c1-6-33(42)38-31-20-25(36(2,3)4)21-32(34(31)44-5)40-35(43)39-30-17-16-27(28-12-8-9-13-29(28)30)24-14-15-26(37-22-24)23-41-18-10-7-11-19-41/h8-9,12-17,20-22H,6-7,10-11,18-19,23H2,1-5H3,(H,38,42)(H2,39,40,43). The van der Waals surface area contributed by atoms with Gasteiger partial charge in [-0.05, 0) is 72.1 Å². The number of anilines is 3. The predicted octanol–water partition coefficient (Wildman–Crippen LogP) is 8.19. The summed E-state index contributed by atoms with van der Waals surface area (Å²) in [4.78, 5) is 32.9. The van der Waals surface area contributed by atoms with E-state index >= 15 is 0 Å². The van der Waals surface area contributed by atoms with Crippen molar-refractivity contribution in [2.45, 2.75) is 65.3 Å². The van der Waals surface area contributed by atoms with Crippen molar-refractivity contribution in [3.63, 3.8) is 0 Å². The Morgan fingerprint density at radius 2 is 1.55 bits per heavy atom. The third-order valence-corrected chi connectivity index (χ3v) is 8.14. The van der Waals surface area contributed by atoms with Gasteiger partial charge in [-0.3, -0.25) is 14.7 Å². The summed E-state index contributed by atoms with van der Waals surface area (Å²) in [5, 5.41) is 10.9. The average molecular weight is 594 g/mol. The first-order valence-corrected chi connectivity index (χ1v) is 15.5. The second kappa shape index (κ2) is 13.5. The number of hydrogen-bond acceptors (Lipinski definition) is 5. The number of fused-ring (bicyclic) bond motifs is 1. The Kier molecular flexibility index (Phi) is 9.49. The first-order chi connectivity index (χ1) is 21.2. The predicted molar refractivity (Wildman–Crippen MR) is 180 cm³/mol. The van der Waals surface area contributed by atoms with E-state index in [1.165, 1.54) is 26.4 Å². The first-order valence-electron chi connectivity index (χ1n) is 15.5. The van der Waals surface area contributed by atoms with Crippen LogP contribution in [0, 0.1) is 0 Å². The molecule has 0 saturated carbocycles. The Bertz CT molecular complexity index is 1640. The number of methoxy groups -OCH3 is 1. The monoisotopic (exact) mass is 593 g/mol. The third-order valence-electron chi connectivity index (χ3n) is 8.14. The molecule has 1 fully saturated rings. The second-order valence-corrected chi connectivity index (χ2v) is 12.4. The fourth-order valence-electron chi connectivity index (χ4n) is 5.67. The van der Waals surface area contributed by atoms with Gasteiger partial charge in [0.1, 0.15) is 0 Å². The van der Waals surface area contributed by atoms with E-state index in [-0.39, 0.29) is 11.3 Å². The number of aromatic nitrogens is 1. The molecule has 5 rings (SSSR count). The quantitative estimate of drug-likeness (QED) is 0.191. The summed E-state index contributed by atoms with van der Waals surface area (Å²) in [7, 11) is 1.53. The number of rotatable bonds is 8. The molecule has 1 aliphatic heterocycles. The lowest BCUT2D eigenvalue weighted by Gasteiger charge is -2.25. The first kappa shape index (κ1) is 31.0. The van der Waals surface area contributed by atoms with Gasteiger partial charge in [0.2, 0.25) is 5.91 Å². The molecule has 1 aromatic heterocycles. The molecular formula is C36H43N5O3. The molecule has 1 aliphatic rings. The molecule has 0 spiro atoms. The van der Waals surface area contributed by atoms with Crippen molar-refractivity contribution in [1.29, 1.82) is 0 Å². The van der Waals surface area contributed by atoms with Crippen molar-refractivity contribution in [3.8, 4) is 16.9 Å². The van der Waals surface area contributed by atoms with E-state index in [4.69, 9.17) is 9.72 Å². The Morgan fingerprint density at radius 3 is 2.18 bits per heavy atom. The minimum atomic E-state index is -0.413. The number of piperidine rings is 1. The molecule has 4 aromatic rings. The highest BCUT2D eigenvalue weighted by Crippen LogP contribution is 2.39. The molecule has 3 amide bonds. The van der Waals surface area contributed by atoms with Crippen molar-refractivity contribution in [2.75, 3.05) is 36.1 Å². The van der Waals surface area contributed by atoms with Crippen LogP contribution >= 0.6 is 0 Å². The Labute approximate surface area is 260 Å². The highest BCUT2D eigenvalue weighted by molar-refractivity contribution is 6.10. The van der Waals surface area contributed by atoms with Gasteiger partial charge in [-0.2, -0.15) is 0 Å². The molecule has 230 valence electrons. The SMILES string of the molecule is CCC(=O)Nc1cc(C(C)(C)C)cc(NC(=O)Nc2ccc(-c3ccc(CN4CCCCC4)nc3)c3ccccc23)c1OC. The van der Waals surface area contributed by atoms with E-state index in [0.717, 1.165) is 52.8 Å². The van der Waals surface area contributed by atoms with Crippen LogP contribution in [0.25, 0.3) is 21.9 Å². The molecule has 1 saturated heterocycles. The third kappa shape index (κ3) is 7.19. The van der Waals surface area contributed by atoms with Crippen molar-refractivity contribution in [3.05, 3.63) is 78.1 Å². The number of pyridine rings is 1. The van der Waals surface area contributed by atoms with E-state index in [1.54, 1.807) is 6.92 Å². The van der Waals surface area contributed by atoms with Crippen LogP contribution in [0.5, 0.6) is 5.75 Å². The molecule has 0 radical (unpaired) electrons. The zero-order valence-corrected chi connectivity index (χ0v) is 26.4. The van der Waals surface area contributed by atoms with E-state index < -0.39 is 6.03 Å². The van der Waals surface area contributed by atoms with Crippen molar-refractivity contribution < 1.29 is 14.3 Å². The van der Waals surface area contributed by atoms with Crippen molar-refractivity contribution >= 4 is 39.8 Å². The number of urea groups is 1. The average Bonchev–Trinajstić information content (AvgIpc) is 3.01. The van der Waals surface area contributed by atoms with Crippen LogP contribution < -0.4 is 20.7 Å². The van der Waals surface area contributed by atoms with Crippen molar-refractivity contribution in [1.82, 2.24) is 9.88 Å². The van der Waals surface area contributed by atoms with Gasteiger partial charge >= 0.3 is 6.03 Å². The molecule has 3 N–H and O–H groups in total. The number of nitrogens with one attached hydrogen (secondary N) is 3. The molecule has 2 heterocycles. The zero-order chi connectivity index (χ0) is 31.3. The number of likely N-dealkylation sites (tertiary alicyclic amines) is 1. The summed E-state index contributed by atoms with van der Waals surface area (Å²) in [6.07, 6.45) is 6.12. The lowest BCUT2D eigenvalue weighted by Crippen LogP contribution is -2.29. The number of carbonyl (C=O) groups is 2. The minimum absolute atomic E-state index is 0.136. The summed E-state index contributed by atoms with van der Waals surface area (Å²) < 4.78 is 5.66. The number of benzene rings is 3. The summed E-state index contributed by atoms with van der Waals surface area (Å²) in [6, 6.07) is 19.6. The highest BCUT2D eigenvalue weighted by Gasteiger charge is 2.22. The van der Waals surface area contributed by atoms with Gasteiger partial charge in [-0.15, -0.1) is 0 Å². The van der Waals surface area contributed by atoms with Crippen LogP contribution in [0.3, 0.4) is 0 Å². The fourth-order valence-corrected chi connectivity index (χ4v) is 5.67. The largest absolute Gasteiger partial charge is 0.492 e. The number of nitrogens with zero attached hydrogens (tertiary/aromatic N) is 2. The molecule has 0 bridgehead atoms. The number of carbonyl (C=O) groups excluding carboxylic acids is 2. The van der Waals surface area contributed by atoms with Crippen LogP contribution in [0.4, 0.5) is 21.9 Å². The lowest BCUT2D eigenvalue weighted by atomic mass is 9.86. The van der Waals surface area contributed by atoms with E-state index in [2.05, 4.69) is 59.8 Å². The van der Waals surface area contributed by atoms with E-state index in [1.807, 2.05) is 48.7 Å². The Balaban J connectivity index is 1.39. The summed E-state index contributed by atoms with van der Waals surface area (Å²) >= 11 is 0. The zero-order valence-electron chi connectivity index (χ0n) is 26.4.